The molecule has 1 heteroatoms. The number of benzene rings is 1. The Hall–Kier alpha value is -0.690. The zero-order chi connectivity index (χ0) is 10.2. The summed E-state index contributed by atoms with van der Waals surface area (Å²) in [5, 5.41) is 0. The predicted octanol–water partition coefficient (Wildman–Crippen LogP) is 4.31. The van der Waals surface area contributed by atoms with Crippen LogP contribution in [0.15, 0.2) is 41.8 Å². The molecule has 0 aromatic heterocycles. The Balaban J connectivity index is 2.59. The van der Waals surface area contributed by atoms with Crippen LogP contribution in [0.5, 0.6) is 0 Å². The number of allylic oxidation sites excluding steroid dienone is 1. The number of thioether (sulfide) groups is 1. The minimum absolute atomic E-state index is 0.981. The molecule has 0 unspecified atom stereocenters. The number of unbranched alkanes of at least 4 members (excludes halogenated alkanes) is 1. The molecule has 0 aliphatic carbocycles. The molecule has 0 saturated heterocycles. The van der Waals surface area contributed by atoms with Crippen molar-refractivity contribution >= 4 is 11.8 Å². The van der Waals surface area contributed by atoms with Gasteiger partial charge in [0.25, 0.3) is 0 Å². The van der Waals surface area contributed by atoms with Gasteiger partial charge in [-0.3, -0.25) is 0 Å². The van der Waals surface area contributed by atoms with E-state index in [0.29, 0.717) is 0 Å². The van der Waals surface area contributed by atoms with Crippen LogP contribution in [-0.2, 0) is 6.42 Å². The van der Waals surface area contributed by atoms with Crippen LogP contribution in [0.25, 0.3) is 0 Å². The summed E-state index contributed by atoms with van der Waals surface area (Å²) in [6.45, 7) is 6.02. The van der Waals surface area contributed by atoms with Crippen LogP contribution in [0.4, 0.5) is 0 Å². The Bertz CT molecular complexity index is 278. The van der Waals surface area contributed by atoms with E-state index in [1.54, 1.807) is 0 Å². The van der Waals surface area contributed by atoms with Crippen molar-refractivity contribution in [3.63, 3.8) is 0 Å². The highest BCUT2D eigenvalue weighted by Crippen LogP contribution is 2.24. The molecule has 0 N–H and O–H groups in total. The van der Waals surface area contributed by atoms with Crippen molar-refractivity contribution in [1.29, 1.82) is 0 Å². The van der Waals surface area contributed by atoms with E-state index in [1.807, 2.05) is 17.8 Å². The molecule has 14 heavy (non-hydrogen) atoms. The molecule has 0 spiro atoms. The Morgan fingerprint density at radius 1 is 1.36 bits per heavy atom. The smallest absolute Gasteiger partial charge is 0.0107 e. The lowest BCUT2D eigenvalue weighted by molar-refractivity contribution is 0.895. The fourth-order valence-corrected chi connectivity index (χ4v) is 2.46. The molecule has 0 amide bonds. The van der Waals surface area contributed by atoms with Gasteiger partial charge in [-0.05, 0) is 30.2 Å². The fraction of sp³-hybridized carbons (Fsp3) is 0.385. The van der Waals surface area contributed by atoms with E-state index in [9.17, 15) is 0 Å². The minimum Gasteiger partial charge on any atom is -0.126 e. The maximum absolute atomic E-state index is 3.78. The standard InChI is InChI=1S/C13H18S/c1-3-5-11-14-13-10-7-6-9-12(13)8-4-2/h4,6-7,9-10H,2-3,5,8,11H2,1H3. The van der Waals surface area contributed by atoms with Gasteiger partial charge in [0.2, 0.25) is 0 Å². The third kappa shape index (κ3) is 3.59. The van der Waals surface area contributed by atoms with E-state index in [1.165, 1.54) is 29.1 Å². The average Bonchev–Trinajstić information content (AvgIpc) is 2.21. The molecule has 1 aromatic rings. The van der Waals surface area contributed by atoms with Gasteiger partial charge >= 0.3 is 0 Å². The summed E-state index contributed by atoms with van der Waals surface area (Å²) in [5.41, 5.74) is 1.41. The van der Waals surface area contributed by atoms with Crippen LogP contribution < -0.4 is 0 Å². The van der Waals surface area contributed by atoms with Crippen molar-refractivity contribution in [2.45, 2.75) is 31.1 Å². The highest BCUT2D eigenvalue weighted by Gasteiger charge is 1.99. The van der Waals surface area contributed by atoms with Gasteiger partial charge in [-0.15, -0.1) is 18.3 Å². The monoisotopic (exact) mass is 206 g/mol. The molecule has 0 aliphatic rings. The minimum atomic E-state index is 0.981. The summed E-state index contributed by atoms with van der Waals surface area (Å²) in [4.78, 5) is 1.42. The summed E-state index contributed by atoms with van der Waals surface area (Å²) in [6, 6.07) is 8.61. The van der Waals surface area contributed by atoms with Crippen molar-refractivity contribution in [2.24, 2.45) is 0 Å². The molecular formula is C13H18S. The van der Waals surface area contributed by atoms with Crippen LogP contribution in [0, 0.1) is 0 Å². The molecule has 76 valence electrons. The van der Waals surface area contributed by atoms with Crippen LogP contribution in [0.3, 0.4) is 0 Å². The molecule has 0 fully saturated rings. The quantitative estimate of drug-likeness (QED) is 0.380. The van der Waals surface area contributed by atoms with E-state index in [-0.39, 0.29) is 0 Å². The Morgan fingerprint density at radius 2 is 2.14 bits per heavy atom. The lowest BCUT2D eigenvalue weighted by Gasteiger charge is -2.06. The first-order valence-corrected chi connectivity index (χ1v) is 6.18. The summed E-state index contributed by atoms with van der Waals surface area (Å²) in [7, 11) is 0. The van der Waals surface area contributed by atoms with Gasteiger partial charge in [0.15, 0.2) is 0 Å². The first-order chi connectivity index (χ1) is 6.88. The lowest BCUT2D eigenvalue weighted by Crippen LogP contribution is -1.86. The highest BCUT2D eigenvalue weighted by atomic mass is 32.2. The second-order valence-corrected chi connectivity index (χ2v) is 4.44. The molecule has 0 heterocycles. The van der Waals surface area contributed by atoms with Crippen molar-refractivity contribution in [3.05, 3.63) is 42.5 Å². The predicted molar refractivity (Wildman–Crippen MR) is 66.0 cm³/mol. The number of rotatable bonds is 6. The normalized spacial score (nSPS) is 10.1. The third-order valence-electron chi connectivity index (χ3n) is 2.09. The zero-order valence-corrected chi connectivity index (χ0v) is 9.65. The van der Waals surface area contributed by atoms with Crippen LogP contribution >= 0.6 is 11.8 Å². The van der Waals surface area contributed by atoms with Gasteiger partial charge in [0.1, 0.15) is 0 Å². The SMILES string of the molecule is C=CCc1ccccc1SCCCC. The van der Waals surface area contributed by atoms with E-state index in [2.05, 4.69) is 37.8 Å². The third-order valence-corrected chi connectivity index (χ3v) is 3.29. The van der Waals surface area contributed by atoms with E-state index in [0.717, 1.165) is 6.42 Å². The van der Waals surface area contributed by atoms with E-state index in [4.69, 9.17) is 0 Å². The molecule has 0 saturated carbocycles. The number of hydrogen-bond donors (Lipinski definition) is 0. The van der Waals surface area contributed by atoms with Crippen molar-refractivity contribution in [2.75, 3.05) is 5.75 Å². The Labute approximate surface area is 91.4 Å². The molecule has 0 nitrogen and oxygen atoms in total. The van der Waals surface area contributed by atoms with Crippen molar-refractivity contribution in [1.82, 2.24) is 0 Å². The highest BCUT2D eigenvalue weighted by molar-refractivity contribution is 7.99. The van der Waals surface area contributed by atoms with Crippen LogP contribution in [-0.4, -0.2) is 5.75 Å². The van der Waals surface area contributed by atoms with Crippen LogP contribution in [0.2, 0.25) is 0 Å². The Morgan fingerprint density at radius 3 is 2.86 bits per heavy atom. The van der Waals surface area contributed by atoms with Crippen LogP contribution in [0.1, 0.15) is 25.3 Å². The topological polar surface area (TPSA) is 0 Å². The molecular weight excluding hydrogens is 188 g/mol. The van der Waals surface area contributed by atoms with Gasteiger partial charge < -0.3 is 0 Å². The maximum atomic E-state index is 3.78. The molecule has 0 bridgehead atoms. The first-order valence-electron chi connectivity index (χ1n) is 5.20. The van der Waals surface area contributed by atoms with Crippen molar-refractivity contribution < 1.29 is 0 Å². The summed E-state index contributed by atoms with van der Waals surface area (Å²) < 4.78 is 0. The molecule has 0 radical (unpaired) electrons. The van der Waals surface area contributed by atoms with Crippen molar-refractivity contribution in [3.8, 4) is 0 Å². The van der Waals surface area contributed by atoms with Gasteiger partial charge in [0.05, 0.1) is 0 Å². The second-order valence-electron chi connectivity index (χ2n) is 3.30. The first kappa shape index (κ1) is 11.4. The summed E-state index contributed by atoms with van der Waals surface area (Å²) in [6.07, 6.45) is 5.53. The number of hydrogen-bond acceptors (Lipinski definition) is 1. The second kappa shape index (κ2) is 6.72. The van der Waals surface area contributed by atoms with E-state index >= 15 is 0 Å². The molecule has 0 aliphatic heterocycles. The lowest BCUT2D eigenvalue weighted by atomic mass is 10.1. The van der Waals surface area contributed by atoms with Gasteiger partial charge in [0, 0.05) is 4.90 Å². The van der Waals surface area contributed by atoms with Gasteiger partial charge in [-0.1, -0.05) is 37.6 Å². The zero-order valence-electron chi connectivity index (χ0n) is 8.83. The summed E-state index contributed by atoms with van der Waals surface area (Å²) >= 11 is 1.96. The fourth-order valence-electron chi connectivity index (χ4n) is 1.30. The van der Waals surface area contributed by atoms with E-state index < -0.39 is 0 Å². The molecule has 1 aromatic carbocycles. The molecule has 0 atom stereocenters. The van der Waals surface area contributed by atoms with Gasteiger partial charge in [-0.2, -0.15) is 0 Å². The maximum Gasteiger partial charge on any atom is 0.0107 e. The van der Waals surface area contributed by atoms with Gasteiger partial charge in [-0.25, -0.2) is 0 Å². The average molecular weight is 206 g/mol. The summed E-state index contributed by atoms with van der Waals surface area (Å²) in [5.74, 6) is 1.23. The molecule has 1 rings (SSSR count). The Kier molecular flexibility index (Phi) is 5.46. The largest absolute Gasteiger partial charge is 0.126 e.